The summed E-state index contributed by atoms with van der Waals surface area (Å²) >= 11 is 0. The number of hydrogen-bond donors (Lipinski definition) is 1. The average Bonchev–Trinajstić information content (AvgIpc) is 3.82. The van der Waals surface area contributed by atoms with Crippen molar-refractivity contribution in [3.63, 3.8) is 0 Å². The molecule has 1 aliphatic heterocycles. The summed E-state index contributed by atoms with van der Waals surface area (Å²) in [6.45, 7) is 0.998. The van der Waals surface area contributed by atoms with Crippen LogP contribution >= 0.6 is 0 Å². The number of fused-ring (bicyclic) bond motifs is 1. The zero-order valence-corrected chi connectivity index (χ0v) is 21.2. The summed E-state index contributed by atoms with van der Waals surface area (Å²) in [5.74, 6) is 0.645. The van der Waals surface area contributed by atoms with Gasteiger partial charge in [0, 0.05) is 49.2 Å². The summed E-state index contributed by atoms with van der Waals surface area (Å²) in [7, 11) is 1.56. The summed E-state index contributed by atoms with van der Waals surface area (Å²) in [4.78, 5) is 42.1. The van der Waals surface area contributed by atoms with Crippen LogP contribution in [0.5, 0.6) is 5.75 Å². The monoisotopic (exact) mass is 507 g/mol. The molecule has 0 bridgehead atoms. The number of hydrogen-bond acceptors (Lipinski definition) is 6. The van der Waals surface area contributed by atoms with E-state index >= 15 is 0 Å². The van der Waals surface area contributed by atoms with Gasteiger partial charge in [0.05, 0.1) is 12.6 Å². The molecule has 2 aromatic carbocycles. The minimum Gasteiger partial charge on any atom is -0.494 e. The Morgan fingerprint density at radius 2 is 1.76 bits per heavy atom. The van der Waals surface area contributed by atoms with Crippen LogP contribution in [-0.4, -0.2) is 57.9 Å². The van der Waals surface area contributed by atoms with Crippen molar-refractivity contribution in [2.24, 2.45) is 0 Å². The fourth-order valence-corrected chi connectivity index (χ4v) is 5.42. The number of piperidine rings is 1. The number of carbonyl (C=O) groups excluding carboxylic acids is 2. The van der Waals surface area contributed by atoms with E-state index in [4.69, 9.17) is 4.74 Å². The molecule has 8 heteroatoms. The van der Waals surface area contributed by atoms with Gasteiger partial charge in [0.2, 0.25) is 0 Å². The normalized spacial score (nSPS) is 19.2. The minimum absolute atomic E-state index is 0.0620. The second-order valence-electron chi connectivity index (χ2n) is 9.96. The quantitative estimate of drug-likeness (QED) is 0.417. The van der Waals surface area contributed by atoms with E-state index < -0.39 is 0 Å². The van der Waals surface area contributed by atoms with Crippen molar-refractivity contribution in [3.05, 3.63) is 95.6 Å². The number of nitrogens with zero attached hydrogens (tertiary/aromatic N) is 4. The van der Waals surface area contributed by atoms with Crippen LogP contribution in [0.15, 0.2) is 73.2 Å². The first kappa shape index (κ1) is 24.0. The number of amides is 2. The lowest BCUT2D eigenvalue weighted by atomic mass is 9.85. The summed E-state index contributed by atoms with van der Waals surface area (Å²) in [5.41, 5.74) is 4.37. The number of pyridine rings is 1. The van der Waals surface area contributed by atoms with Crippen molar-refractivity contribution in [2.45, 2.75) is 37.1 Å². The Labute approximate surface area is 221 Å². The Balaban J connectivity index is 1.26. The zero-order chi connectivity index (χ0) is 26.1. The Bertz CT molecular complexity index is 1490. The van der Waals surface area contributed by atoms with Gasteiger partial charge in [-0.15, -0.1) is 0 Å². The van der Waals surface area contributed by atoms with Crippen molar-refractivity contribution in [2.75, 3.05) is 20.2 Å². The number of methoxy groups -OCH3 is 1. The molecule has 8 nitrogen and oxygen atoms in total. The van der Waals surface area contributed by atoms with E-state index in [0.717, 1.165) is 24.0 Å². The molecule has 0 unspecified atom stereocenters. The molecule has 2 atom stereocenters. The lowest BCUT2D eigenvalue weighted by Gasteiger charge is -2.39. The predicted molar refractivity (Wildman–Crippen MR) is 143 cm³/mol. The highest BCUT2D eigenvalue weighted by molar-refractivity contribution is 5.99. The van der Waals surface area contributed by atoms with Gasteiger partial charge in [-0.1, -0.05) is 36.4 Å². The van der Waals surface area contributed by atoms with Gasteiger partial charge in [-0.25, -0.2) is 4.98 Å². The van der Waals surface area contributed by atoms with Gasteiger partial charge in [0.15, 0.2) is 0 Å². The molecule has 1 N–H and O–H groups in total. The lowest BCUT2D eigenvalue weighted by molar-refractivity contribution is 0.0671. The number of rotatable bonds is 6. The molecule has 4 aromatic rings. The standard InChI is InChI=1S/C30H29N5O3/c1-38-26-17-21(16-25-28(26)33-14-13-31-25)30(37)35-15-11-24(23(18-35)19-6-3-2-4-7-19)34-29(36)27-22(20-9-10-20)8-5-12-32-27/h2-8,12-14,16-17,20,23-24H,9-11,15,18H2,1H3,(H,34,36)/t23-,24-/m1/s1. The second kappa shape index (κ2) is 10.2. The third-order valence-electron chi connectivity index (χ3n) is 7.52. The van der Waals surface area contributed by atoms with Crippen molar-refractivity contribution >= 4 is 22.8 Å². The Morgan fingerprint density at radius 3 is 2.55 bits per heavy atom. The predicted octanol–water partition coefficient (Wildman–Crippen LogP) is 4.34. The van der Waals surface area contributed by atoms with Crippen molar-refractivity contribution in [1.82, 2.24) is 25.2 Å². The van der Waals surface area contributed by atoms with Gasteiger partial charge >= 0.3 is 0 Å². The summed E-state index contributed by atoms with van der Waals surface area (Å²) < 4.78 is 5.50. The van der Waals surface area contributed by atoms with E-state index in [1.807, 2.05) is 35.2 Å². The number of carbonyl (C=O) groups is 2. The van der Waals surface area contributed by atoms with E-state index in [9.17, 15) is 9.59 Å². The fourth-order valence-electron chi connectivity index (χ4n) is 5.42. The first-order valence-electron chi connectivity index (χ1n) is 13.0. The Hall–Kier alpha value is -4.33. The molecule has 3 heterocycles. The number of aromatic nitrogens is 3. The third kappa shape index (κ3) is 4.69. The van der Waals surface area contributed by atoms with Crippen LogP contribution in [0.2, 0.25) is 0 Å². The van der Waals surface area contributed by atoms with Gasteiger partial charge in [-0.05, 0) is 54.5 Å². The van der Waals surface area contributed by atoms with Crippen LogP contribution in [0.3, 0.4) is 0 Å². The molecule has 0 radical (unpaired) electrons. The lowest BCUT2D eigenvalue weighted by Crippen LogP contribution is -2.51. The molecular weight excluding hydrogens is 478 g/mol. The largest absolute Gasteiger partial charge is 0.494 e. The van der Waals surface area contributed by atoms with Crippen LogP contribution in [0.25, 0.3) is 11.0 Å². The number of likely N-dealkylation sites (tertiary alicyclic amines) is 1. The maximum atomic E-state index is 13.7. The molecule has 38 heavy (non-hydrogen) atoms. The molecule has 6 rings (SSSR count). The summed E-state index contributed by atoms with van der Waals surface area (Å²) in [6.07, 6.45) is 7.72. The molecule has 1 saturated heterocycles. The zero-order valence-electron chi connectivity index (χ0n) is 21.2. The van der Waals surface area contributed by atoms with E-state index in [1.54, 1.807) is 37.8 Å². The van der Waals surface area contributed by atoms with Crippen LogP contribution in [0.1, 0.15) is 63.1 Å². The van der Waals surface area contributed by atoms with Gasteiger partial charge in [-0.3, -0.25) is 19.6 Å². The van der Waals surface area contributed by atoms with Crippen molar-refractivity contribution in [1.29, 1.82) is 0 Å². The van der Waals surface area contributed by atoms with E-state index in [-0.39, 0.29) is 23.8 Å². The first-order chi connectivity index (χ1) is 18.6. The van der Waals surface area contributed by atoms with Gasteiger partial charge in [0.25, 0.3) is 11.8 Å². The summed E-state index contributed by atoms with van der Waals surface area (Å²) in [6, 6.07) is 17.3. The van der Waals surface area contributed by atoms with Crippen molar-refractivity contribution in [3.8, 4) is 5.75 Å². The van der Waals surface area contributed by atoms with Crippen LogP contribution in [0, 0.1) is 0 Å². The van der Waals surface area contributed by atoms with Gasteiger partial charge < -0.3 is 15.0 Å². The smallest absolute Gasteiger partial charge is 0.270 e. The Kier molecular flexibility index (Phi) is 6.45. The van der Waals surface area contributed by atoms with Gasteiger partial charge in [0.1, 0.15) is 17.0 Å². The molecule has 2 aliphatic rings. The highest BCUT2D eigenvalue weighted by Crippen LogP contribution is 2.41. The highest BCUT2D eigenvalue weighted by atomic mass is 16.5. The maximum Gasteiger partial charge on any atom is 0.270 e. The number of ether oxygens (including phenoxy) is 1. The van der Waals surface area contributed by atoms with E-state index in [2.05, 4.69) is 32.4 Å². The third-order valence-corrected chi connectivity index (χ3v) is 7.52. The number of benzene rings is 2. The summed E-state index contributed by atoms with van der Waals surface area (Å²) in [5, 5.41) is 3.27. The fraction of sp³-hybridized carbons (Fsp3) is 0.300. The number of nitrogens with one attached hydrogen (secondary N) is 1. The molecule has 2 fully saturated rings. The molecule has 2 aromatic heterocycles. The molecule has 192 valence electrons. The molecule has 1 aliphatic carbocycles. The van der Waals surface area contributed by atoms with Crippen LogP contribution in [0.4, 0.5) is 0 Å². The highest BCUT2D eigenvalue weighted by Gasteiger charge is 2.36. The molecular formula is C30H29N5O3. The molecule has 0 spiro atoms. The van der Waals surface area contributed by atoms with E-state index in [1.165, 1.54) is 0 Å². The maximum absolute atomic E-state index is 13.7. The molecule has 2 amide bonds. The Morgan fingerprint density at radius 1 is 0.947 bits per heavy atom. The van der Waals surface area contributed by atoms with Gasteiger partial charge in [-0.2, -0.15) is 0 Å². The van der Waals surface area contributed by atoms with Crippen molar-refractivity contribution < 1.29 is 14.3 Å². The second-order valence-corrected chi connectivity index (χ2v) is 9.96. The van der Waals surface area contributed by atoms with E-state index in [0.29, 0.717) is 53.5 Å². The first-order valence-corrected chi connectivity index (χ1v) is 13.0. The SMILES string of the molecule is COc1cc(C(=O)N2CC[C@@H](NC(=O)c3ncccc3C3CC3)[C@@H](c3ccccc3)C2)cc2nccnc12. The topological polar surface area (TPSA) is 97.3 Å². The molecule has 1 saturated carbocycles. The van der Waals surface area contributed by atoms with Crippen LogP contribution < -0.4 is 10.1 Å². The average molecular weight is 508 g/mol. The van der Waals surface area contributed by atoms with Crippen LogP contribution in [-0.2, 0) is 0 Å². The minimum atomic E-state index is -0.143.